The number of carbonyl (C=O) groups is 3. The molecule has 0 radical (unpaired) electrons. The third-order valence-corrected chi connectivity index (χ3v) is 8.87. The second-order valence-corrected chi connectivity index (χ2v) is 14.6. The van der Waals surface area contributed by atoms with Crippen molar-refractivity contribution in [3.05, 3.63) is 146 Å². The molecule has 0 aromatic carbocycles. The molecule has 0 amide bonds. The molecule has 61 heavy (non-hydrogen) atoms. The van der Waals surface area contributed by atoms with E-state index in [1.807, 2.05) is 6.08 Å². The summed E-state index contributed by atoms with van der Waals surface area (Å²) in [5, 5.41) is 0. The Morgan fingerprint density at radius 1 is 0.361 bits per heavy atom. The maximum absolute atomic E-state index is 12.6. The standard InChI is InChI=1S/C55H82O6/c1-4-7-10-13-15-17-19-21-23-24-25-26-27-28-29-30-32-33-35-37-39-42-45-48-54(57)60-51-52(50-59-53(56)47-44-41-12-9-6-3)61-55(58)49-46-43-40-38-36-34-31-22-20-18-16-14-11-8-5-2/h7-8,10-11,15-18,21-23,25-26,28-29,31-33,36-39,43,46,52H,4-6,9,12-14,19-20,24,27,30,34-35,40-42,44-45,47-51H2,1-3H3/b10-7-,11-8-,17-15-,18-16-,23-21-,26-25-,29-28-,31-22-,33-32-,38-36-,39-37-,46-43-. The van der Waals surface area contributed by atoms with Gasteiger partial charge in [0.05, 0.1) is 6.42 Å². The highest BCUT2D eigenvalue weighted by Crippen LogP contribution is 2.08. The van der Waals surface area contributed by atoms with Crippen LogP contribution in [-0.4, -0.2) is 37.2 Å². The minimum Gasteiger partial charge on any atom is -0.462 e. The first-order valence-corrected chi connectivity index (χ1v) is 23.3. The second kappa shape index (κ2) is 48.0. The molecule has 6 nitrogen and oxygen atoms in total. The average molecular weight is 839 g/mol. The molecular weight excluding hydrogens is 757 g/mol. The summed E-state index contributed by atoms with van der Waals surface area (Å²) in [5.74, 6) is -1.17. The van der Waals surface area contributed by atoms with E-state index in [4.69, 9.17) is 14.2 Å². The van der Waals surface area contributed by atoms with Gasteiger partial charge in [-0.1, -0.05) is 192 Å². The number of hydrogen-bond acceptors (Lipinski definition) is 6. The maximum Gasteiger partial charge on any atom is 0.310 e. The van der Waals surface area contributed by atoms with Crippen molar-refractivity contribution in [1.82, 2.24) is 0 Å². The number of rotatable bonds is 39. The van der Waals surface area contributed by atoms with Crippen LogP contribution in [0.25, 0.3) is 0 Å². The third-order valence-electron chi connectivity index (χ3n) is 8.87. The molecule has 0 bridgehead atoms. The van der Waals surface area contributed by atoms with Crippen LogP contribution in [0.15, 0.2) is 146 Å². The van der Waals surface area contributed by atoms with E-state index in [9.17, 15) is 14.4 Å². The van der Waals surface area contributed by atoms with Crippen molar-refractivity contribution >= 4 is 17.9 Å². The van der Waals surface area contributed by atoms with E-state index < -0.39 is 12.1 Å². The molecule has 0 aliphatic carbocycles. The topological polar surface area (TPSA) is 78.9 Å². The molecule has 0 aromatic rings. The fourth-order valence-electron chi connectivity index (χ4n) is 5.44. The highest BCUT2D eigenvalue weighted by molar-refractivity contribution is 5.72. The van der Waals surface area contributed by atoms with E-state index in [0.717, 1.165) is 109 Å². The fourth-order valence-corrected chi connectivity index (χ4v) is 5.44. The minimum atomic E-state index is -0.857. The van der Waals surface area contributed by atoms with Crippen LogP contribution in [0.3, 0.4) is 0 Å². The van der Waals surface area contributed by atoms with Gasteiger partial charge in [0.25, 0.3) is 0 Å². The van der Waals surface area contributed by atoms with Crippen molar-refractivity contribution in [3.63, 3.8) is 0 Å². The Kier molecular flexibility index (Phi) is 44.3. The molecule has 0 spiro atoms. The zero-order chi connectivity index (χ0) is 44.4. The lowest BCUT2D eigenvalue weighted by molar-refractivity contribution is -0.166. The highest BCUT2D eigenvalue weighted by Gasteiger charge is 2.19. The van der Waals surface area contributed by atoms with E-state index in [0.29, 0.717) is 19.3 Å². The van der Waals surface area contributed by atoms with Gasteiger partial charge in [-0.3, -0.25) is 14.4 Å². The molecule has 6 heteroatoms. The predicted octanol–water partition coefficient (Wildman–Crippen LogP) is 15.3. The summed E-state index contributed by atoms with van der Waals surface area (Å²) in [7, 11) is 0. The van der Waals surface area contributed by atoms with Crippen molar-refractivity contribution in [3.8, 4) is 0 Å². The molecule has 0 saturated carbocycles. The van der Waals surface area contributed by atoms with Gasteiger partial charge in [0.2, 0.25) is 0 Å². The van der Waals surface area contributed by atoms with Crippen LogP contribution in [0.2, 0.25) is 0 Å². The van der Waals surface area contributed by atoms with E-state index >= 15 is 0 Å². The molecule has 338 valence electrons. The van der Waals surface area contributed by atoms with Gasteiger partial charge in [0, 0.05) is 12.8 Å². The van der Waals surface area contributed by atoms with Gasteiger partial charge in [0.15, 0.2) is 6.10 Å². The lowest BCUT2D eigenvalue weighted by atomic mass is 10.1. The molecule has 0 rings (SSSR count). The number of allylic oxidation sites excluding steroid dienone is 23. The predicted molar refractivity (Wildman–Crippen MR) is 260 cm³/mol. The van der Waals surface area contributed by atoms with Crippen LogP contribution in [0, 0.1) is 0 Å². The van der Waals surface area contributed by atoms with E-state index in [1.54, 1.807) is 6.08 Å². The van der Waals surface area contributed by atoms with Gasteiger partial charge >= 0.3 is 17.9 Å². The van der Waals surface area contributed by atoms with Crippen molar-refractivity contribution in [2.45, 2.75) is 168 Å². The third kappa shape index (κ3) is 46.2. The smallest absolute Gasteiger partial charge is 0.310 e. The van der Waals surface area contributed by atoms with Gasteiger partial charge in [-0.2, -0.15) is 0 Å². The zero-order valence-electron chi connectivity index (χ0n) is 38.4. The summed E-state index contributed by atoms with van der Waals surface area (Å²) in [5.41, 5.74) is 0. The van der Waals surface area contributed by atoms with Crippen LogP contribution in [0.1, 0.15) is 162 Å². The largest absolute Gasteiger partial charge is 0.462 e. The number of esters is 3. The number of ether oxygens (including phenoxy) is 3. The maximum atomic E-state index is 12.6. The molecule has 0 fully saturated rings. The van der Waals surface area contributed by atoms with Crippen molar-refractivity contribution < 1.29 is 28.6 Å². The van der Waals surface area contributed by atoms with Gasteiger partial charge in [-0.25, -0.2) is 0 Å². The van der Waals surface area contributed by atoms with Crippen LogP contribution in [0.5, 0.6) is 0 Å². The van der Waals surface area contributed by atoms with E-state index in [1.165, 1.54) is 0 Å². The van der Waals surface area contributed by atoms with Gasteiger partial charge in [0.1, 0.15) is 13.2 Å². The average Bonchev–Trinajstić information content (AvgIpc) is 3.26. The number of carbonyl (C=O) groups excluding carboxylic acids is 3. The molecule has 1 unspecified atom stereocenters. The van der Waals surface area contributed by atoms with Crippen molar-refractivity contribution in [2.75, 3.05) is 13.2 Å². The Hall–Kier alpha value is -4.71. The molecule has 0 N–H and O–H groups in total. The summed E-state index contributed by atoms with van der Waals surface area (Å²) in [6, 6.07) is 0. The minimum absolute atomic E-state index is 0.0776. The summed E-state index contributed by atoms with van der Waals surface area (Å²) < 4.78 is 16.4. The van der Waals surface area contributed by atoms with Crippen LogP contribution in [0.4, 0.5) is 0 Å². The summed E-state index contributed by atoms with van der Waals surface area (Å²) in [6.45, 7) is 6.14. The Balaban J connectivity index is 4.45. The van der Waals surface area contributed by atoms with Gasteiger partial charge in [-0.15, -0.1) is 0 Å². The lowest BCUT2D eigenvalue weighted by Crippen LogP contribution is -2.30. The SMILES string of the molecule is CC/C=C\C/C=C\C/C=C\C/C=C\C/C=C\C/C=C\C/C=C\CCCC(=O)OCC(COC(=O)CCCCCCC)OC(=O)C/C=C\C/C=C\C/C=C\C/C=C\C/C=C\CC. The summed E-state index contributed by atoms with van der Waals surface area (Å²) in [6.07, 6.45) is 69.0. The molecule has 0 aromatic heterocycles. The summed E-state index contributed by atoms with van der Waals surface area (Å²) in [4.78, 5) is 37.5. The van der Waals surface area contributed by atoms with Gasteiger partial charge < -0.3 is 14.2 Å². The normalized spacial score (nSPS) is 13.4. The Labute approximate surface area is 372 Å². The Bertz CT molecular complexity index is 1430. The second-order valence-electron chi connectivity index (χ2n) is 14.6. The quantitative estimate of drug-likeness (QED) is 0.0265. The highest BCUT2D eigenvalue weighted by atomic mass is 16.6. The van der Waals surface area contributed by atoms with Crippen LogP contribution < -0.4 is 0 Å². The lowest BCUT2D eigenvalue weighted by Gasteiger charge is -2.18. The monoisotopic (exact) mass is 839 g/mol. The molecule has 1 atom stereocenters. The van der Waals surface area contributed by atoms with Crippen LogP contribution in [-0.2, 0) is 28.6 Å². The first-order valence-electron chi connectivity index (χ1n) is 23.3. The Morgan fingerprint density at radius 3 is 1.07 bits per heavy atom. The summed E-state index contributed by atoms with van der Waals surface area (Å²) >= 11 is 0. The van der Waals surface area contributed by atoms with E-state index in [2.05, 4.69) is 154 Å². The van der Waals surface area contributed by atoms with Crippen molar-refractivity contribution in [2.24, 2.45) is 0 Å². The molecule has 0 heterocycles. The van der Waals surface area contributed by atoms with Crippen LogP contribution >= 0.6 is 0 Å². The molecular formula is C55H82O6. The van der Waals surface area contributed by atoms with E-state index in [-0.39, 0.29) is 38.0 Å². The zero-order valence-corrected chi connectivity index (χ0v) is 38.4. The fraction of sp³-hybridized carbons (Fsp3) is 0.509. The molecule has 0 aliphatic rings. The van der Waals surface area contributed by atoms with Gasteiger partial charge in [-0.05, 0) is 96.3 Å². The number of unbranched alkanes of at least 4 members (excludes halogenated alkanes) is 5. The molecule has 0 aliphatic heterocycles. The first-order chi connectivity index (χ1) is 30.0. The first kappa shape index (κ1) is 56.3. The molecule has 0 saturated heterocycles. The Morgan fingerprint density at radius 2 is 0.689 bits per heavy atom. The number of hydrogen-bond donors (Lipinski definition) is 0. The van der Waals surface area contributed by atoms with Crippen molar-refractivity contribution in [1.29, 1.82) is 0 Å².